The molecule has 3 heterocycles. The molecule has 7 nitrogen and oxygen atoms in total. The van der Waals surface area contributed by atoms with Crippen LogP contribution < -0.4 is 9.80 Å². The highest BCUT2D eigenvalue weighted by atomic mass is 16.3. The number of rotatable bonds is 5. The molecular weight excluding hydrogens is 412 g/mol. The van der Waals surface area contributed by atoms with Gasteiger partial charge in [0.05, 0.1) is 23.8 Å². The lowest BCUT2D eigenvalue weighted by Gasteiger charge is -2.41. The molecule has 1 saturated heterocycles. The average molecular weight is 445 g/mol. The van der Waals surface area contributed by atoms with Crippen molar-refractivity contribution in [3.05, 3.63) is 70.8 Å². The molecule has 1 aliphatic carbocycles. The van der Waals surface area contributed by atoms with E-state index in [1.807, 2.05) is 0 Å². The quantitative estimate of drug-likeness (QED) is 0.647. The van der Waals surface area contributed by atoms with E-state index in [1.54, 1.807) is 26.2 Å². The standard InChI is InChI=1S/C26H32N6O/c1-18-17-31(12-13-32(18)24-16-27-23(15-28-24)26(2,3)33)25-21-11-7-10-20(21)22(29-30-25)14-19-8-5-4-6-9-19/h4-6,8-9,15-16,18,33H,7,10-14,17H2,1-3H3/t18-/m1/s1. The highest BCUT2D eigenvalue weighted by Crippen LogP contribution is 2.33. The van der Waals surface area contributed by atoms with Gasteiger partial charge in [-0.25, -0.2) is 4.98 Å². The summed E-state index contributed by atoms with van der Waals surface area (Å²) in [6.07, 6.45) is 7.66. The minimum atomic E-state index is -0.985. The summed E-state index contributed by atoms with van der Waals surface area (Å²) in [5, 5.41) is 19.6. The van der Waals surface area contributed by atoms with Gasteiger partial charge in [0.15, 0.2) is 5.82 Å². The molecule has 0 bridgehead atoms. The van der Waals surface area contributed by atoms with Crippen LogP contribution in [-0.2, 0) is 24.9 Å². The molecule has 172 valence electrons. The van der Waals surface area contributed by atoms with Gasteiger partial charge in [-0.1, -0.05) is 30.3 Å². The van der Waals surface area contributed by atoms with Crippen LogP contribution in [0, 0.1) is 0 Å². The zero-order chi connectivity index (χ0) is 23.0. The van der Waals surface area contributed by atoms with E-state index in [4.69, 9.17) is 10.2 Å². The van der Waals surface area contributed by atoms with Crippen LogP contribution in [0.25, 0.3) is 0 Å². The maximum Gasteiger partial charge on any atom is 0.154 e. The second-order valence-corrected chi connectivity index (χ2v) is 9.75. The van der Waals surface area contributed by atoms with Gasteiger partial charge in [0.1, 0.15) is 11.4 Å². The SMILES string of the molecule is C[C@@H]1CN(c2nnc(Cc3ccccc3)c3c2CCC3)CCN1c1cnc(C(C)(C)O)cn1. The third-order valence-electron chi connectivity index (χ3n) is 6.80. The Morgan fingerprint density at radius 2 is 1.79 bits per heavy atom. The molecule has 2 aromatic heterocycles. The first kappa shape index (κ1) is 21.8. The van der Waals surface area contributed by atoms with Crippen LogP contribution in [0.5, 0.6) is 0 Å². The second kappa shape index (κ2) is 8.71. The average Bonchev–Trinajstić information content (AvgIpc) is 3.30. The molecule has 33 heavy (non-hydrogen) atoms. The van der Waals surface area contributed by atoms with Crippen molar-refractivity contribution in [1.82, 2.24) is 20.2 Å². The summed E-state index contributed by atoms with van der Waals surface area (Å²) in [4.78, 5) is 13.7. The highest BCUT2D eigenvalue weighted by molar-refractivity contribution is 5.55. The minimum absolute atomic E-state index is 0.267. The number of benzene rings is 1. The van der Waals surface area contributed by atoms with Gasteiger partial charge >= 0.3 is 0 Å². The summed E-state index contributed by atoms with van der Waals surface area (Å²) in [6.45, 7) is 8.26. The Kier molecular flexibility index (Phi) is 5.74. The molecule has 0 spiro atoms. The third-order valence-corrected chi connectivity index (χ3v) is 6.80. The Bertz CT molecular complexity index is 1110. The number of piperazine rings is 1. The predicted octanol–water partition coefficient (Wildman–Crippen LogP) is 3.29. The van der Waals surface area contributed by atoms with E-state index in [-0.39, 0.29) is 6.04 Å². The minimum Gasteiger partial charge on any atom is -0.384 e. The summed E-state index contributed by atoms with van der Waals surface area (Å²) in [5.41, 5.74) is 4.82. The highest BCUT2D eigenvalue weighted by Gasteiger charge is 2.30. The fourth-order valence-electron chi connectivity index (χ4n) is 5.00. The maximum atomic E-state index is 10.1. The molecule has 7 heteroatoms. The van der Waals surface area contributed by atoms with Gasteiger partial charge in [-0.05, 0) is 51.2 Å². The van der Waals surface area contributed by atoms with E-state index in [9.17, 15) is 5.11 Å². The summed E-state index contributed by atoms with van der Waals surface area (Å²) >= 11 is 0. The van der Waals surface area contributed by atoms with E-state index >= 15 is 0 Å². The lowest BCUT2D eigenvalue weighted by molar-refractivity contribution is 0.0734. The molecule has 1 fully saturated rings. The Morgan fingerprint density at radius 1 is 1.00 bits per heavy atom. The van der Waals surface area contributed by atoms with Gasteiger partial charge in [-0.2, -0.15) is 5.10 Å². The predicted molar refractivity (Wildman–Crippen MR) is 130 cm³/mol. The summed E-state index contributed by atoms with van der Waals surface area (Å²) in [5.74, 6) is 1.92. The number of anilines is 2. The molecule has 0 radical (unpaired) electrons. The summed E-state index contributed by atoms with van der Waals surface area (Å²) < 4.78 is 0. The van der Waals surface area contributed by atoms with Gasteiger partial charge < -0.3 is 14.9 Å². The van der Waals surface area contributed by atoms with Crippen LogP contribution in [0.2, 0.25) is 0 Å². The molecule has 1 N–H and O–H groups in total. The number of fused-ring (bicyclic) bond motifs is 1. The first-order valence-corrected chi connectivity index (χ1v) is 11.9. The first-order chi connectivity index (χ1) is 15.9. The molecule has 0 unspecified atom stereocenters. The number of hydrogen-bond donors (Lipinski definition) is 1. The van der Waals surface area contributed by atoms with E-state index < -0.39 is 5.60 Å². The van der Waals surface area contributed by atoms with E-state index in [1.165, 1.54) is 23.1 Å². The monoisotopic (exact) mass is 444 g/mol. The van der Waals surface area contributed by atoms with Crippen LogP contribution in [-0.4, -0.2) is 50.9 Å². The molecular formula is C26H32N6O. The molecule has 0 saturated carbocycles. The number of aliphatic hydroxyl groups is 1. The molecule has 5 rings (SSSR count). The Hall–Kier alpha value is -3.06. The third kappa shape index (κ3) is 4.42. The van der Waals surface area contributed by atoms with Gasteiger partial charge in [0.25, 0.3) is 0 Å². The smallest absolute Gasteiger partial charge is 0.154 e. The van der Waals surface area contributed by atoms with E-state index in [2.05, 4.69) is 57.0 Å². The second-order valence-electron chi connectivity index (χ2n) is 9.75. The van der Waals surface area contributed by atoms with Crippen molar-refractivity contribution in [2.75, 3.05) is 29.4 Å². The van der Waals surface area contributed by atoms with Gasteiger partial charge in [0.2, 0.25) is 0 Å². The van der Waals surface area contributed by atoms with Crippen molar-refractivity contribution in [1.29, 1.82) is 0 Å². The number of aromatic nitrogens is 4. The van der Waals surface area contributed by atoms with Gasteiger partial charge in [-0.15, -0.1) is 5.10 Å². The topological polar surface area (TPSA) is 78.3 Å². The molecule has 1 aliphatic heterocycles. The van der Waals surface area contributed by atoms with Crippen LogP contribution >= 0.6 is 0 Å². The van der Waals surface area contributed by atoms with Crippen molar-refractivity contribution in [2.45, 2.75) is 58.1 Å². The Labute approximate surface area is 195 Å². The lowest BCUT2D eigenvalue weighted by atomic mass is 10.0. The maximum absolute atomic E-state index is 10.1. The first-order valence-electron chi connectivity index (χ1n) is 11.9. The van der Waals surface area contributed by atoms with Gasteiger partial charge in [0, 0.05) is 37.7 Å². The van der Waals surface area contributed by atoms with Gasteiger partial charge in [-0.3, -0.25) is 4.98 Å². The van der Waals surface area contributed by atoms with Crippen molar-refractivity contribution < 1.29 is 5.11 Å². The molecule has 1 aromatic carbocycles. The van der Waals surface area contributed by atoms with Crippen LogP contribution in [0.4, 0.5) is 11.6 Å². The van der Waals surface area contributed by atoms with Crippen molar-refractivity contribution >= 4 is 11.6 Å². The van der Waals surface area contributed by atoms with E-state index in [0.717, 1.165) is 56.2 Å². The number of nitrogens with zero attached hydrogens (tertiary/aromatic N) is 6. The fourth-order valence-corrected chi connectivity index (χ4v) is 5.00. The zero-order valence-electron chi connectivity index (χ0n) is 19.7. The molecule has 2 aliphatic rings. The van der Waals surface area contributed by atoms with Crippen molar-refractivity contribution in [3.8, 4) is 0 Å². The Balaban J connectivity index is 1.33. The molecule has 3 aromatic rings. The number of hydrogen-bond acceptors (Lipinski definition) is 7. The summed E-state index contributed by atoms with van der Waals surface area (Å²) in [7, 11) is 0. The summed E-state index contributed by atoms with van der Waals surface area (Å²) in [6, 6.07) is 10.8. The lowest BCUT2D eigenvalue weighted by Crippen LogP contribution is -2.53. The normalized spacial score (nSPS) is 18.5. The van der Waals surface area contributed by atoms with Crippen LogP contribution in [0.3, 0.4) is 0 Å². The van der Waals surface area contributed by atoms with E-state index in [0.29, 0.717) is 5.69 Å². The van der Waals surface area contributed by atoms with Crippen LogP contribution in [0.15, 0.2) is 42.7 Å². The molecule has 0 amide bonds. The largest absolute Gasteiger partial charge is 0.384 e. The molecule has 1 atom stereocenters. The van der Waals surface area contributed by atoms with Crippen molar-refractivity contribution in [3.63, 3.8) is 0 Å². The Morgan fingerprint density at radius 3 is 2.48 bits per heavy atom. The van der Waals surface area contributed by atoms with Crippen LogP contribution in [0.1, 0.15) is 55.3 Å². The van der Waals surface area contributed by atoms with Crippen molar-refractivity contribution in [2.24, 2.45) is 0 Å². The zero-order valence-corrected chi connectivity index (χ0v) is 19.7. The fraction of sp³-hybridized carbons (Fsp3) is 0.462.